The molecule has 1 nitrogen and oxygen atoms in total. The summed E-state index contributed by atoms with van der Waals surface area (Å²) in [6, 6.07) is 12.9. The fourth-order valence-corrected chi connectivity index (χ4v) is 2.57. The van der Waals surface area contributed by atoms with E-state index in [0.717, 1.165) is 5.75 Å². The summed E-state index contributed by atoms with van der Waals surface area (Å²) in [6.07, 6.45) is 0. The van der Waals surface area contributed by atoms with Crippen LogP contribution in [0.2, 0.25) is 0 Å². The molecule has 0 bridgehead atoms. The molecule has 2 aromatic carbocycles. The number of benzene rings is 2. The van der Waals surface area contributed by atoms with Crippen LogP contribution >= 0.6 is 0 Å². The molecule has 0 saturated carbocycles. The SMILES string of the molecule is CC(c1cccc2c(OC(C)(C)C)cccc12)C(C)(C)C. The van der Waals surface area contributed by atoms with Crippen LogP contribution in [-0.2, 0) is 0 Å². The molecule has 0 radical (unpaired) electrons. The van der Waals surface area contributed by atoms with Crippen LogP contribution in [0.1, 0.15) is 59.9 Å². The molecule has 1 unspecified atom stereocenters. The lowest BCUT2D eigenvalue weighted by molar-refractivity contribution is 0.133. The molecule has 2 rings (SSSR count). The molecule has 0 spiro atoms. The van der Waals surface area contributed by atoms with Crippen molar-refractivity contribution >= 4 is 10.8 Å². The van der Waals surface area contributed by atoms with Crippen molar-refractivity contribution in [2.45, 2.75) is 60.0 Å². The summed E-state index contributed by atoms with van der Waals surface area (Å²) in [5.41, 5.74) is 1.47. The van der Waals surface area contributed by atoms with Gasteiger partial charge in [0.2, 0.25) is 0 Å². The molecule has 1 heteroatoms. The van der Waals surface area contributed by atoms with Crippen molar-refractivity contribution < 1.29 is 4.74 Å². The summed E-state index contributed by atoms with van der Waals surface area (Å²) in [7, 11) is 0. The van der Waals surface area contributed by atoms with Crippen molar-refractivity contribution in [2.24, 2.45) is 5.41 Å². The first kappa shape index (κ1) is 15.9. The smallest absolute Gasteiger partial charge is 0.127 e. The van der Waals surface area contributed by atoms with Crippen molar-refractivity contribution in [1.82, 2.24) is 0 Å². The van der Waals surface area contributed by atoms with Gasteiger partial charge < -0.3 is 4.74 Å². The largest absolute Gasteiger partial charge is 0.488 e. The van der Waals surface area contributed by atoms with Crippen LogP contribution in [0.5, 0.6) is 5.75 Å². The van der Waals surface area contributed by atoms with E-state index in [2.05, 4.69) is 84.9 Å². The van der Waals surface area contributed by atoms with Gasteiger partial charge in [-0.25, -0.2) is 0 Å². The molecule has 0 heterocycles. The average Bonchev–Trinajstić information content (AvgIpc) is 2.35. The van der Waals surface area contributed by atoms with Gasteiger partial charge in [0.05, 0.1) is 0 Å². The van der Waals surface area contributed by atoms with Crippen LogP contribution in [0.15, 0.2) is 36.4 Å². The Kier molecular flexibility index (Phi) is 4.06. The van der Waals surface area contributed by atoms with E-state index in [-0.39, 0.29) is 11.0 Å². The second-order valence-electron chi connectivity index (χ2n) is 8.00. The number of hydrogen-bond acceptors (Lipinski definition) is 1. The predicted octanol–water partition coefficient (Wildman–Crippen LogP) is 6.17. The monoisotopic (exact) mass is 284 g/mol. The van der Waals surface area contributed by atoms with Gasteiger partial charge in [-0.05, 0) is 49.1 Å². The van der Waals surface area contributed by atoms with Gasteiger partial charge >= 0.3 is 0 Å². The van der Waals surface area contributed by atoms with Crippen LogP contribution < -0.4 is 4.74 Å². The molecule has 114 valence electrons. The van der Waals surface area contributed by atoms with Gasteiger partial charge in [-0.3, -0.25) is 0 Å². The lowest BCUT2D eigenvalue weighted by atomic mass is 9.76. The van der Waals surface area contributed by atoms with E-state index >= 15 is 0 Å². The Balaban J connectivity index is 2.59. The van der Waals surface area contributed by atoms with Crippen molar-refractivity contribution in [3.05, 3.63) is 42.0 Å². The molecule has 21 heavy (non-hydrogen) atoms. The fourth-order valence-electron chi connectivity index (χ4n) is 2.57. The van der Waals surface area contributed by atoms with E-state index < -0.39 is 0 Å². The highest BCUT2D eigenvalue weighted by molar-refractivity contribution is 5.91. The van der Waals surface area contributed by atoms with Crippen molar-refractivity contribution in [2.75, 3.05) is 0 Å². The van der Waals surface area contributed by atoms with Crippen LogP contribution in [0.3, 0.4) is 0 Å². The topological polar surface area (TPSA) is 9.23 Å². The van der Waals surface area contributed by atoms with Crippen molar-refractivity contribution in [3.63, 3.8) is 0 Å². The number of hydrogen-bond donors (Lipinski definition) is 0. The highest BCUT2D eigenvalue weighted by atomic mass is 16.5. The normalized spacial score (nSPS) is 14.2. The molecule has 1 atom stereocenters. The first-order chi connectivity index (χ1) is 9.59. The summed E-state index contributed by atoms with van der Waals surface area (Å²) in [5, 5.41) is 2.52. The van der Waals surface area contributed by atoms with Gasteiger partial charge in [0.15, 0.2) is 0 Å². The van der Waals surface area contributed by atoms with E-state index in [1.165, 1.54) is 16.3 Å². The molecule has 0 aliphatic carbocycles. The minimum atomic E-state index is -0.181. The Morgan fingerprint density at radius 1 is 0.810 bits per heavy atom. The molecule has 0 fully saturated rings. The minimum absolute atomic E-state index is 0.181. The molecule has 0 aromatic heterocycles. The van der Waals surface area contributed by atoms with Gasteiger partial charge in [0.25, 0.3) is 0 Å². The Bertz CT molecular complexity index is 626. The van der Waals surface area contributed by atoms with E-state index in [0.29, 0.717) is 5.92 Å². The third kappa shape index (κ3) is 3.58. The Labute approximate surface area is 129 Å². The van der Waals surface area contributed by atoms with Crippen LogP contribution in [0, 0.1) is 5.41 Å². The minimum Gasteiger partial charge on any atom is -0.488 e. The van der Waals surface area contributed by atoms with Gasteiger partial charge in [0.1, 0.15) is 11.4 Å². The lowest BCUT2D eigenvalue weighted by Gasteiger charge is -2.29. The van der Waals surface area contributed by atoms with Gasteiger partial charge in [-0.2, -0.15) is 0 Å². The standard InChI is InChI=1S/C20H28O/c1-14(19(2,3)4)15-10-8-12-17-16(15)11-9-13-18(17)21-20(5,6)7/h8-14H,1-7H3. The van der Waals surface area contributed by atoms with Gasteiger partial charge in [-0.1, -0.05) is 58.0 Å². The highest BCUT2D eigenvalue weighted by Gasteiger charge is 2.24. The summed E-state index contributed by atoms with van der Waals surface area (Å²) in [5.74, 6) is 1.47. The Morgan fingerprint density at radius 2 is 1.38 bits per heavy atom. The number of ether oxygens (including phenoxy) is 1. The highest BCUT2D eigenvalue weighted by Crippen LogP contribution is 2.40. The molecular weight excluding hydrogens is 256 g/mol. The molecule has 0 N–H and O–H groups in total. The number of rotatable bonds is 2. The maximum absolute atomic E-state index is 6.14. The number of fused-ring (bicyclic) bond motifs is 1. The lowest BCUT2D eigenvalue weighted by Crippen LogP contribution is -2.23. The van der Waals surface area contributed by atoms with E-state index in [1.807, 2.05) is 0 Å². The summed E-state index contributed by atoms with van der Waals surface area (Å²) in [4.78, 5) is 0. The summed E-state index contributed by atoms with van der Waals surface area (Å²) < 4.78 is 6.14. The average molecular weight is 284 g/mol. The zero-order chi connectivity index (χ0) is 15.8. The van der Waals surface area contributed by atoms with Gasteiger partial charge in [-0.15, -0.1) is 0 Å². The molecule has 0 saturated heterocycles. The molecule has 0 amide bonds. The first-order valence-electron chi connectivity index (χ1n) is 7.80. The Hall–Kier alpha value is -1.50. The van der Waals surface area contributed by atoms with Gasteiger partial charge in [0, 0.05) is 5.39 Å². The molecular formula is C20H28O. The maximum Gasteiger partial charge on any atom is 0.127 e. The van der Waals surface area contributed by atoms with E-state index in [4.69, 9.17) is 4.74 Å². The summed E-state index contributed by atoms with van der Waals surface area (Å²) in [6.45, 7) is 15.5. The molecule has 0 aliphatic rings. The van der Waals surface area contributed by atoms with Crippen molar-refractivity contribution in [3.8, 4) is 5.75 Å². The Morgan fingerprint density at radius 3 is 1.95 bits per heavy atom. The third-order valence-corrected chi connectivity index (χ3v) is 4.10. The van der Waals surface area contributed by atoms with Crippen LogP contribution in [-0.4, -0.2) is 5.60 Å². The third-order valence-electron chi connectivity index (χ3n) is 4.10. The zero-order valence-electron chi connectivity index (χ0n) is 14.4. The first-order valence-corrected chi connectivity index (χ1v) is 7.80. The van der Waals surface area contributed by atoms with Crippen LogP contribution in [0.25, 0.3) is 10.8 Å². The molecule has 0 aliphatic heterocycles. The second kappa shape index (κ2) is 5.36. The fraction of sp³-hybridized carbons (Fsp3) is 0.500. The van der Waals surface area contributed by atoms with E-state index in [9.17, 15) is 0 Å². The second-order valence-corrected chi connectivity index (χ2v) is 8.00. The van der Waals surface area contributed by atoms with Crippen LogP contribution in [0.4, 0.5) is 0 Å². The molecule has 2 aromatic rings. The van der Waals surface area contributed by atoms with Crippen molar-refractivity contribution in [1.29, 1.82) is 0 Å². The zero-order valence-corrected chi connectivity index (χ0v) is 14.4. The predicted molar refractivity (Wildman–Crippen MR) is 92.2 cm³/mol. The van der Waals surface area contributed by atoms with E-state index in [1.54, 1.807) is 0 Å². The quantitative estimate of drug-likeness (QED) is 0.641. The summed E-state index contributed by atoms with van der Waals surface area (Å²) >= 11 is 0. The maximum atomic E-state index is 6.14.